The summed E-state index contributed by atoms with van der Waals surface area (Å²) < 4.78 is 5.69. The van der Waals surface area contributed by atoms with Gasteiger partial charge in [-0.25, -0.2) is 0 Å². The highest BCUT2D eigenvalue weighted by molar-refractivity contribution is 6.21. The number of rotatable bonds is 3. The summed E-state index contributed by atoms with van der Waals surface area (Å²) in [4.78, 5) is 0. The molecule has 0 aromatic heterocycles. The maximum absolute atomic E-state index is 6.30. The first kappa shape index (κ1) is 11.8. The van der Waals surface area contributed by atoms with Gasteiger partial charge in [0.05, 0.1) is 6.61 Å². The van der Waals surface area contributed by atoms with Gasteiger partial charge in [-0.2, -0.15) is 0 Å². The van der Waals surface area contributed by atoms with Crippen molar-refractivity contribution in [3.63, 3.8) is 0 Å². The van der Waals surface area contributed by atoms with Crippen molar-refractivity contribution in [1.82, 2.24) is 0 Å². The standard InChI is InChI=1S/C14H19ClO/c1-3-16-14-7-5-4-6-12(14)11-8-9-13(15)10(11)2/h4-7,10-11,13H,3,8-9H2,1-2H3. The lowest BCUT2D eigenvalue weighted by Crippen LogP contribution is -2.10. The summed E-state index contributed by atoms with van der Waals surface area (Å²) in [5.74, 6) is 2.14. The fourth-order valence-electron chi connectivity index (χ4n) is 2.63. The molecule has 3 atom stereocenters. The van der Waals surface area contributed by atoms with Crippen LogP contribution in [0, 0.1) is 5.92 Å². The molecule has 0 radical (unpaired) electrons. The second-order valence-corrected chi connectivity index (χ2v) is 5.09. The quantitative estimate of drug-likeness (QED) is 0.717. The molecule has 0 spiro atoms. The SMILES string of the molecule is CCOc1ccccc1C1CCC(Cl)C1C. The Morgan fingerprint density at radius 2 is 2.06 bits per heavy atom. The topological polar surface area (TPSA) is 9.23 Å². The molecule has 16 heavy (non-hydrogen) atoms. The number of benzene rings is 1. The largest absolute Gasteiger partial charge is 0.494 e. The van der Waals surface area contributed by atoms with Gasteiger partial charge in [-0.15, -0.1) is 11.6 Å². The van der Waals surface area contributed by atoms with E-state index >= 15 is 0 Å². The van der Waals surface area contributed by atoms with Crippen LogP contribution in [-0.4, -0.2) is 12.0 Å². The van der Waals surface area contributed by atoms with E-state index in [0.717, 1.165) is 18.8 Å². The smallest absolute Gasteiger partial charge is 0.122 e. The molecule has 1 nitrogen and oxygen atoms in total. The minimum atomic E-state index is 0.319. The van der Waals surface area contributed by atoms with Crippen LogP contribution in [0.25, 0.3) is 0 Å². The molecule has 0 aliphatic heterocycles. The van der Waals surface area contributed by atoms with Gasteiger partial charge >= 0.3 is 0 Å². The van der Waals surface area contributed by atoms with E-state index in [1.807, 2.05) is 13.0 Å². The van der Waals surface area contributed by atoms with Crippen molar-refractivity contribution < 1.29 is 4.74 Å². The van der Waals surface area contributed by atoms with E-state index in [-0.39, 0.29) is 0 Å². The Morgan fingerprint density at radius 3 is 2.69 bits per heavy atom. The predicted octanol–water partition coefficient (Wildman–Crippen LogP) is 4.21. The second-order valence-electron chi connectivity index (χ2n) is 4.53. The van der Waals surface area contributed by atoms with Crippen LogP contribution >= 0.6 is 11.6 Å². The van der Waals surface area contributed by atoms with E-state index in [9.17, 15) is 0 Å². The van der Waals surface area contributed by atoms with Gasteiger partial charge in [-0.1, -0.05) is 25.1 Å². The van der Waals surface area contributed by atoms with Crippen LogP contribution in [0.5, 0.6) is 5.75 Å². The zero-order chi connectivity index (χ0) is 11.5. The van der Waals surface area contributed by atoms with E-state index in [2.05, 4.69) is 25.1 Å². The molecular weight excluding hydrogens is 220 g/mol. The highest BCUT2D eigenvalue weighted by Gasteiger charge is 2.33. The molecule has 0 saturated heterocycles. The molecule has 1 aliphatic rings. The first-order chi connectivity index (χ1) is 7.74. The summed E-state index contributed by atoms with van der Waals surface area (Å²) in [5.41, 5.74) is 1.33. The number of alkyl halides is 1. The fraction of sp³-hybridized carbons (Fsp3) is 0.571. The van der Waals surface area contributed by atoms with Crippen molar-refractivity contribution in [1.29, 1.82) is 0 Å². The molecule has 1 aromatic rings. The Balaban J connectivity index is 2.26. The molecule has 0 N–H and O–H groups in total. The Labute approximate surface area is 103 Å². The van der Waals surface area contributed by atoms with E-state index in [0.29, 0.717) is 17.2 Å². The van der Waals surface area contributed by atoms with Crippen LogP contribution in [-0.2, 0) is 0 Å². The fourth-order valence-corrected chi connectivity index (χ4v) is 2.93. The van der Waals surface area contributed by atoms with Crippen LogP contribution in [0.15, 0.2) is 24.3 Å². The summed E-state index contributed by atoms with van der Waals surface area (Å²) in [6.07, 6.45) is 2.30. The van der Waals surface area contributed by atoms with Crippen molar-refractivity contribution in [2.75, 3.05) is 6.61 Å². The van der Waals surface area contributed by atoms with Gasteiger partial charge in [0, 0.05) is 5.38 Å². The van der Waals surface area contributed by atoms with Gasteiger partial charge in [-0.05, 0) is 43.2 Å². The number of hydrogen-bond donors (Lipinski definition) is 0. The molecular formula is C14H19ClO. The van der Waals surface area contributed by atoms with Crippen LogP contribution in [0.3, 0.4) is 0 Å². The molecule has 0 heterocycles. The van der Waals surface area contributed by atoms with Gasteiger partial charge in [0.25, 0.3) is 0 Å². The first-order valence-electron chi connectivity index (χ1n) is 6.09. The summed E-state index contributed by atoms with van der Waals surface area (Å²) in [7, 11) is 0. The van der Waals surface area contributed by atoms with Crippen molar-refractivity contribution >= 4 is 11.6 Å². The van der Waals surface area contributed by atoms with E-state index < -0.39 is 0 Å². The summed E-state index contributed by atoms with van der Waals surface area (Å²) in [6.45, 7) is 5.00. The lowest BCUT2D eigenvalue weighted by Gasteiger charge is -2.20. The second kappa shape index (κ2) is 5.09. The average molecular weight is 239 g/mol. The van der Waals surface area contributed by atoms with Crippen molar-refractivity contribution in [3.8, 4) is 5.75 Å². The zero-order valence-corrected chi connectivity index (χ0v) is 10.7. The lowest BCUT2D eigenvalue weighted by atomic mass is 9.89. The molecule has 1 aliphatic carbocycles. The molecule has 1 aromatic carbocycles. The molecule has 0 amide bonds. The predicted molar refractivity (Wildman–Crippen MR) is 68.4 cm³/mol. The third kappa shape index (κ3) is 2.20. The minimum Gasteiger partial charge on any atom is -0.494 e. The van der Waals surface area contributed by atoms with Crippen LogP contribution < -0.4 is 4.74 Å². The number of halogens is 1. The summed E-state index contributed by atoms with van der Waals surface area (Å²) in [6, 6.07) is 8.37. The minimum absolute atomic E-state index is 0.319. The van der Waals surface area contributed by atoms with Crippen molar-refractivity contribution in [3.05, 3.63) is 29.8 Å². The Hall–Kier alpha value is -0.690. The molecule has 1 saturated carbocycles. The lowest BCUT2D eigenvalue weighted by molar-refractivity contribution is 0.331. The molecule has 2 rings (SSSR count). The monoisotopic (exact) mass is 238 g/mol. The highest BCUT2D eigenvalue weighted by Crippen LogP contribution is 2.44. The average Bonchev–Trinajstić information content (AvgIpc) is 2.61. The van der Waals surface area contributed by atoms with Crippen LogP contribution in [0.4, 0.5) is 0 Å². The molecule has 1 fully saturated rings. The Kier molecular flexibility index (Phi) is 3.75. The first-order valence-corrected chi connectivity index (χ1v) is 6.53. The van der Waals surface area contributed by atoms with Gasteiger partial charge in [0.1, 0.15) is 5.75 Å². The third-order valence-electron chi connectivity index (χ3n) is 3.58. The third-order valence-corrected chi connectivity index (χ3v) is 4.19. The normalized spacial score (nSPS) is 29.3. The summed E-state index contributed by atoms with van der Waals surface area (Å²) >= 11 is 6.30. The van der Waals surface area contributed by atoms with Crippen LogP contribution in [0.1, 0.15) is 38.2 Å². The molecule has 3 unspecified atom stereocenters. The van der Waals surface area contributed by atoms with E-state index in [1.54, 1.807) is 0 Å². The number of hydrogen-bond acceptors (Lipinski definition) is 1. The molecule has 0 bridgehead atoms. The number of para-hydroxylation sites is 1. The molecule has 88 valence electrons. The summed E-state index contributed by atoms with van der Waals surface area (Å²) in [5, 5.41) is 0.319. The van der Waals surface area contributed by atoms with Crippen molar-refractivity contribution in [2.24, 2.45) is 5.92 Å². The van der Waals surface area contributed by atoms with Gasteiger partial charge in [0.15, 0.2) is 0 Å². The zero-order valence-electron chi connectivity index (χ0n) is 9.95. The Morgan fingerprint density at radius 1 is 1.31 bits per heavy atom. The molecule has 2 heteroatoms. The maximum atomic E-state index is 6.30. The van der Waals surface area contributed by atoms with Crippen LogP contribution in [0.2, 0.25) is 0 Å². The van der Waals surface area contributed by atoms with Gasteiger partial charge in [0.2, 0.25) is 0 Å². The maximum Gasteiger partial charge on any atom is 0.122 e. The van der Waals surface area contributed by atoms with Gasteiger partial charge in [-0.3, -0.25) is 0 Å². The highest BCUT2D eigenvalue weighted by atomic mass is 35.5. The van der Waals surface area contributed by atoms with E-state index in [4.69, 9.17) is 16.3 Å². The number of ether oxygens (including phenoxy) is 1. The Bertz CT molecular complexity index is 350. The van der Waals surface area contributed by atoms with Crippen molar-refractivity contribution in [2.45, 2.75) is 38.0 Å². The van der Waals surface area contributed by atoms with Gasteiger partial charge < -0.3 is 4.74 Å². The van der Waals surface area contributed by atoms with E-state index in [1.165, 1.54) is 12.0 Å².